The first kappa shape index (κ1) is 54.7. The number of ketones is 4. The highest BCUT2D eigenvalue weighted by Crippen LogP contribution is 1.75. The van der Waals surface area contributed by atoms with Crippen LogP contribution in [0.4, 0.5) is 4.79 Å². The molecule has 46 heavy (non-hydrogen) atoms. The number of carbonyl (C=O) groups excluding carboxylic acids is 8. The Morgan fingerprint density at radius 3 is 1.22 bits per heavy atom. The van der Waals surface area contributed by atoms with Crippen LogP contribution >= 0.6 is 0 Å². The Hall–Kier alpha value is -3.76. The fraction of sp³-hybridized carbons (Fsp3) is 0.733. The number of rotatable bonds is 15. The van der Waals surface area contributed by atoms with Gasteiger partial charge < -0.3 is 36.1 Å². The minimum Gasteiger partial charge on any atom is -0.450 e. The quantitative estimate of drug-likeness (QED) is 0.105. The van der Waals surface area contributed by atoms with Gasteiger partial charge in [0, 0.05) is 40.5 Å². The minimum absolute atomic E-state index is 0.0169. The maximum absolute atomic E-state index is 10.5. The minimum atomic E-state index is -0.544. The summed E-state index contributed by atoms with van der Waals surface area (Å²) in [5.41, 5.74) is 0. The molecule has 16 heteroatoms. The maximum atomic E-state index is 10.5. The number of likely N-dealkylation sites (N-methyl/N-ethyl adjacent to an activating group) is 1. The number of hydrogen-bond acceptors (Lipinski definition) is 12. The molecule has 0 aliphatic rings. The Bertz CT molecular complexity index is 818. The molecule has 0 bridgehead atoms. The van der Waals surface area contributed by atoms with Gasteiger partial charge in [0.25, 0.3) is 0 Å². The van der Waals surface area contributed by atoms with Crippen molar-refractivity contribution in [1.29, 1.82) is 0 Å². The number of methoxy groups -OCH3 is 1. The number of hydrogen-bond donors (Lipinski definition) is 6. The lowest BCUT2D eigenvalue weighted by molar-refractivity contribution is -0.124. The molecular weight excluding hydrogens is 604 g/mol. The van der Waals surface area contributed by atoms with Crippen molar-refractivity contribution in [3.63, 3.8) is 0 Å². The van der Waals surface area contributed by atoms with Crippen molar-refractivity contribution in [1.82, 2.24) is 31.9 Å². The topological polar surface area (TPSA) is 227 Å². The number of amides is 4. The molecule has 0 radical (unpaired) electrons. The predicted molar refractivity (Wildman–Crippen MR) is 178 cm³/mol. The average Bonchev–Trinajstić information content (AvgIpc) is 2.99. The lowest BCUT2D eigenvalue weighted by Gasteiger charge is -2.00. The molecule has 0 atom stereocenters. The molecule has 0 aliphatic heterocycles. The zero-order valence-corrected chi connectivity index (χ0v) is 30.2. The monoisotopic (exact) mass is 666 g/mol. The molecule has 0 rings (SSSR count). The lowest BCUT2D eigenvalue weighted by atomic mass is 10.4. The molecule has 16 nitrogen and oxygen atoms in total. The van der Waals surface area contributed by atoms with Crippen LogP contribution in [0.25, 0.3) is 0 Å². The van der Waals surface area contributed by atoms with Gasteiger partial charge in [0.1, 0.15) is 23.1 Å². The summed E-state index contributed by atoms with van der Waals surface area (Å²) in [6.45, 7) is 20.1. The van der Waals surface area contributed by atoms with E-state index < -0.39 is 6.09 Å². The van der Waals surface area contributed by atoms with Crippen molar-refractivity contribution >= 4 is 46.9 Å². The first-order valence-electron chi connectivity index (χ1n) is 15.0. The summed E-state index contributed by atoms with van der Waals surface area (Å²) in [7, 11) is 3.21. The van der Waals surface area contributed by atoms with Gasteiger partial charge in [-0.15, -0.1) is 0 Å². The van der Waals surface area contributed by atoms with Gasteiger partial charge in [-0.1, -0.05) is 20.8 Å². The molecule has 0 heterocycles. The summed E-state index contributed by atoms with van der Waals surface area (Å²) in [6.07, 6.45) is 0.474. The summed E-state index contributed by atoms with van der Waals surface area (Å²) in [5.74, 6) is 0.270. The number of nitrogens with one attached hydrogen (secondary N) is 6. The van der Waals surface area contributed by atoms with E-state index in [1.54, 1.807) is 34.9 Å². The van der Waals surface area contributed by atoms with E-state index in [0.29, 0.717) is 39.3 Å². The molecule has 0 spiro atoms. The fourth-order valence-electron chi connectivity index (χ4n) is 1.78. The van der Waals surface area contributed by atoms with Crippen molar-refractivity contribution in [3.05, 3.63) is 0 Å². The Kier molecular flexibility index (Phi) is 54.3. The molecule has 0 saturated heterocycles. The average molecular weight is 667 g/mol. The molecule has 0 fully saturated rings. The van der Waals surface area contributed by atoms with Crippen molar-refractivity contribution in [2.24, 2.45) is 0 Å². The summed E-state index contributed by atoms with van der Waals surface area (Å²) in [4.78, 5) is 81.8. The maximum Gasteiger partial charge on any atom is 0.407 e. The Morgan fingerprint density at radius 1 is 0.543 bits per heavy atom. The third-order valence-corrected chi connectivity index (χ3v) is 3.88. The Labute approximate surface area is 275 Å². The van der Waals surface area contributed by atoms with Crippen LogP contribution < -0.4 is 31.9 Å². The van der Waals surface area contributed by atoms with Crippen LogP contribution in [0.15, 0.2) is 0 Å². The number of alkyl carbamates (subject to hydrolysis) is 1. The number of Topliss-reactive ketones (excluding diaryl/α,β-unsaturated/α-hetero) is 4. The highest BCUT2D eigenvalue weighted by Gasteiger charge is 1.99. The van der Waals surface area contributed by atoms with E-state index in [1.165, 1.54) is 27.7 Å². The standard InChI is InChI=1S/C6H11NO3.C6H11NO2.C5H11NO2.C5H11NO.2C4H9NO/c1-3-10-6(9)7-4-5(2)8;1-3-6(9)7-4-5(2)8;1-5(7)3-6-4-8-2;1-3-6-4-5(2)7;1-3-4(6)5-2;1-3-5-4(2)6/h3-4H2,1-2H3,(H,7,9);3-4H2,1-2H3,(H,7,9);6H,3-4H2,1-2H3;6H,3-4H2,1-2H3;2*3H2,1-2H3,(H,5,6). The molecule has 0 aromatic heterocycles. The van der Waals surface area contributed by atoms with Crippen LogP contribution in [-0.4, -0.2) is 114 Å². The van der Waals surface area contributed by atoms with Gasteiger partial charge in [-0.25, -0.2) is 4.79 Å². The third kappa shape index (κ3) is 83.5. The highest BCUT2D eigenvalue weighted by molar-refractivity contribution is 5.84. The zero-order valence-electron chi connectivity index (χ0n) is 30.2. The predicted octanol–water partition coefficient (Wildman–Crippen LogP) is 0.662. The zero-order chi connectivity index (χ0) is 37.3. The van der Waals surface area contributed by atoms with Gasteiger partial charge >= 0.3 is 6.09 Å². The van der Waals surface area contributed by atoms with Gasteiger partial charge in [0.2, 0.25) is 17.7 Å². The lowest BCUT2D eigenvalue weighted by Crippen LogP contribution is -2.28. The number of carbonyl (C=O) groups is 8. The molecular formula is C30H62N6O10. The van der Waals surface area contributed by atoms with Crippen LogP contribution in [0.2, 0.25) is 0 Å². The molecule has 0 aromatic carbocycles. The van der Waals surface area contributed by atoms with E-state index in [-0.39, 0.29) is 53.9 Å². The van der Waals surface area contributed by atoms with Crippen molar-refractivity contribution < 1.29 is 47.8 Å². The van der Waals surface area contributed by atoms with E-state index in [4.69, 9.17) is 0 Å². The Morgan fingerprint density at radius 2 is 0.978 bits per heavy atom. The van der Waals surface area contributed by atoms with Gasteiger partial charge in [0.05, 0.1) is 39.5 Å². The first-order valence-corrected chi connectivity index (χ1v) is 15.0. The van der Waals surface area contributed by atoms with E-state index in [1.807, 2.05) is 20.8 Å². The smallest absolute Gasteiger partial charge is 0.407 e. The van der Waals surface area contributed by atoms with E-state index in [0.717, 1.165) is 13.1 Å². The van der Waals surface area contributed by atoms with Crippen LogP contribution in [0.5, 0.6) is 0 Å². The van der Waals surface area contributed by atoms with Crippen LogP contribution in [0.3, 0.4) is 0 Å². The summed E-state index contributed by atoms with van der Waals surface area (Å²) in [5, 5.41) is 15.4. The normalized spacial score (nSPS) is 8.52. The summed E-state index contributed by atoms with van der Waals surface area (Å²) in [6, 6.07) is 0. The molecule has 4 amide bonds. The van der Waals surface area contributed by atoms with Gasteiger partial charge in [0.15, 0.2) is 0 Å². The molecule has 0 aromatic rings. The summed E-state index contributed by atoms with van der Waals surface area (Å²) < 4.78 is 9.12. The molecule has 272 valence electrons. The van der Waals surface area contributed by atoms with E-state index in [9.17, 15) is 38.4 Å². The molecule has 0 aliphatic carbocycles. The second-order valence-corrected chi connectivity index (χ2v) is 8.77. The SMILES string of the molecule is CCC(=O)NC.CCC(=O)NCC(C)=O.CCNC(C)=O.CCNCC(C)=O.CCOC(=O)NCC(C)=O.COCNCC(C)=O. The number of ether oxygens (including phenoxy) is 2. The largest absolute Gasteiger partial charge is 0.450 e. The van der Waals surface area contributed by atoms with Crippen molar-refractivity contribution in [2.75, 3.05) is 66.8 Å². The molecule has 6 N–H and O–H groups in total. The fourth-order valence-corrected chi connectivity index (χ4v) is 1.78. The first-order chi connectivity index (χ1) is 21.4. The highest BCUT2D eigenvalue weighted by atomic mass is 16.5. The van der Waals surface area contributed by atoms with E-state index >= 15 is 0 Å². The Balaban J connectivity index is -0.000000105. The van der Waals surface area contributed by atoms with E-state index in [2.05, 4.69) is 41.4 Å². The van der Waals surface area contributed by atoms with Crippen molar-refractivity contribution in [3.8, 4) is 0 Å². The van der Waals surface area contributed by atoms with Gasteiger partial charge in [-0.3, -0.25) is 38.9 Å². The summed E-state index contributed by atoms with van der Waals surface area (Å²) >= 11 is 0. The van der Waals surface area contributed by atoms with Crippen LogP contribution in [-0.2, 0) is 43.0 Å². The van der Waals surface area contributed by atoms with Crippen molar-refractivity contribution in [2.45, 2.75) is 82.1 Å². The van der Waals surface area contributed by atoms with Crippen LogP contribution in [0, 0.1) is 0 Å². The third-order valence-electron chi connectivity index (χ3n) is 3.88. The van der Waals surface area contributed by atoms with Gasteiger partial charge in [-0.05, 0) is 48.1 Å². The molecule has 0 unspecified atom stereocenters. The second kappa shape index (κ2) is 45.7. The van der Waals surface area contributed by atoms with Crippen LogP contribution in [0.1, 0.15) is 82.1 Å². The van der Waals surface area contributed by atoms with Gasteiger partial charge in [-0.2, -0.15) is 0 Å². The molecule has 0 saturated carbocycles. The second-order valence-electron chi connectivity index (χ2n) is 8.77.